The third-order valence-corrected chi connectivity index (χ3v) is 9.37. The summed E-state index contributed by atoms with van der Waals surface area (Å²) >= 11 is 0. The number of primary amides is 1. The van der Waals surface area contributed by atoms with Gasteiger partial charge in [-0.15, -0.1) is 0 Å². The number of aliphatic carboxylic acids is 1. The highest BCUT2D eigenvalue weighted by Gasteiger charge is 2.39. The van der Waals surface area contributed by atoms with E-state index in [-0.39, 0.29) is 31.8 Å². The Kier molecular flexibility index (Phi) is 16.8. The summed E-state index contributed by atoms with van der Waals surface area (Å²) < 4.78 is 0. The van der Waals surface area contributed by atoms with Gasteiger partial charge in [0.05, 0.1) is 12.8 Å². The maximum absolute atomic E-state index is 13.7. The van der Waals surface area contributed by atoms with E-state index in [1.165, 1.54) is 4.90 Å². The number of benzene rings is 2. The molecular formula is C39H54N8O9. The zero-order valence-electron chi connectivity index (χ0n) is 32.5. The van der Waals surface area contributed by atoms with Crippen LogP contribution in [0.2, 0.25) is 0 Å². The first-order chi connectivity index (χ1) is 26.5. The number of nitrogens with one attached hydrogen (secondary N) is 6. The average molecular weight is 779 g/mol. The zero-order valence-corrected chi connectivity index (χ0v) is 32.5. The van der Waals surface area contributed by atoms with Crippen molar-refractivity contribution in [3.8, 4) is 0 Å². The highest BCUT2D eigenvalue weighted by Crippen LogP contribution is 2.21. The predicted octanol–water partition coefficient (Wildman–Crippen LogP) is 1.80. The minimum absolute atomic E-state index is 0.00789. The second-order valence-electron chi connectivity index (χ2n) is 14.4. The van der Waals surface area contributed by atoms with Gasteiger partial charge in [0.25, 0.3) is 0 Å². The summed E-state index contributed by atoms with van der Waals surface area (Å²) in [6.45, 7) is 8.90. The normalized spacial score (nSPS) is 15.8. The molecule has 2 aromatic rings. The molecule has 1 aliphatic rings. The number of para-hydroxylation sites is 1. The predicted molar refractivity (Wildman–Crippen MR) is 208 cm³/mol. The molecule has 3 rings (SSSR count). The molecular weight excluding hydrogens is 724 g/mol. The van der Waals surface area contributed by atoms with Crippen LogP contribution in [0, 0.1) is 18.8 Å². The van der Waals surface area contributed by atoms with Crippen LogP contribution in [-0.2, 0) is 40.0 Å². The highest BCUT2D eigenvalue weighted by molar-refractivity contribution is 6.00. The first-order valence-electron chi connectivity index (χ1n) is 18.7. The minimum Gasteiger partial charge on any atom is -0.481 e. The molecule has 0 bridgehead atoms. The van der Waals surface area contributed by atoms with Crippen molar-refractivity contribution < 1.29 is 43.5 Å². The van der Waals surface area contributed by atoms with Crippen molar-refractivity contribution in [3.05, 3.63) is 59.7 Å². The summed E-state index contributed by atoms with van der Waals surface area (Å²) in [5.74, 6) is -6.05. The fourth-order valence-corrected chi connectivity index (χ4v) is 6.10. The van der Waals surface area contributed by atoms with E-state index in [0.29, 0.717) is 36.2 Å². The molecule has 8 amide bonds. The van der Waals surface area contributed by atoms with Gasteiger partial charge in [-0.05, 0) is 60.9 Å². The van der Waals surface area contributed by atoms with Gasteiger partial charge in [0.2, 0.25) is 35.4 Å². The minimum atomic E-state index is -1.68. The summed E-state index contributed by atoms with van der Waals surface area (Å²) in [5.41, 5.74) is 8.02. The van der Waals surface area contributed by atoms with Gasteiger partial charge in [-0.1, -0.05) is 64.4 Å². The van der Waals surface area contributed by atoms with Crippen LogP contribution in [0.4, 0.5) is 16.2 Å². The SMILES string of the molecule is CCC(C)[C@H](NC(=O)[C@H](CC(=O)O)NC(=O)[C@H](CNC(=O)CC(C)C)NC(=O)Cc1ccc(NC(=O)Nc2ccccc2C)cc1)C(=O)N1CCC[C@H]1C(N)=O. The number of hydrogen-bond donors (Lipinski definition) is 8. The van der Waals surface area contributed by atoms with Crippen molar-refractivity contribution in [2.45, 2.75) is 97.3 Å². The monoisotopic (exact) mass is 778 g/mol. The third-order valence-electron chi connectivity index (χ3n) is 9.37. The van der Waals surface area contributed by atoms with Crippen LogP contribution in [-0.4, -0.2) is 94.7 Å². The van der Waals surface area contributed by atoms with Crippen molar-refractivity contribution in [2.75, 3.05) is 23.7 Å². The molecule has 304 valence electrons. The van der Waals surface area contributed by atoms with E-state index >= 15 is 0 Å². The molecule has 17 nitrogen and oxygen atoms in total. The Morgan fingerprint density at radius 3 is 2.11 bits per heavy atom. The van der Waals surface area contributed by atoms with Gasteiger partial charge in [0.1, 0.15) is 24.2 Å². The number of carboxylic acid groups (broad SMARTS) is 1. The summed E-state index contributed by atoms with van der Waals surface area (Å²) in [4.78, 5) is 104. The molecule has 0 aliphatic carbocycles. The number of urea groups is 1. The van der Waals surface area contributed by atoms with Crippen molar-refractivity contribution in [1.29, 1.82) is 0 Å². The molecule has 1 saturated heterocycles. The Bertz CT molecular complexity index is 1750. The number of hydrogen-bond acceptors (Lipinski definition) is 8. The molecule has 1 heterocycles. The fraction of sp³-hybridized carbons (Fsp3) is 0.487. The lowest BCUT2D eigenvalue weighted by molar-refractivity contribution is -0.144. The molecule has 2 aromatic carbocycles. The van der Waals surface area contributed by atoms with Crippen LogP contribution in [0.1, 0.15) is 70.9 Å². The maximum Gasteiger partial charge on any atom is 0.323 e. The molecule has 0 spiro atoms. The van der Waals surface area contributed by atoms with E-state index in [4.69, 9.17) is 5.73 Å². The second-order valence-corrected chi connectivity index (χ2v) is 14.4. The summed E-state index contributed by atoms with van der Waals surface area (Å²) in [6.07, 6.45) is 0.408. The quantitative estimate of drug-likeness (QED) is 0.103. The van der Waals surface area contributed by atoms with Gasteiger partial charge in [-0.25, -0.2) is 4.79 Å². The Morgan fingerprint density at radius 1 is 0.839 bits per heavy atom. The standard InChI is InChI=1S/C39H54N8O9/c1-6-23(4)34(38(55)47-17-9-12-30(47)35(40)52)46-36(53)28(20-33(50)51)44-37(54)29(21-41-31(48)18-22(2)3)43-32(49)19-25-13-15-26(16-14-25)42-39(56)45-27-11-8-7-10-24(27)5/h7-8,10-11,13-16,22-23,28-30,34H,6,9,12,17-21H2,1-5H3,(H2,40,52)(H,41,48)(H,43,49)(H,44,54)(H,46,53)(H,50,51)(H2,42,45,56)/t23?,28-,29-,30-,34-/m0/s1. The molecule has 1 fully saturated rings. The summed E-state index contributed by atoms with van der Waals surface area (Å²) in [7, 11) is 0. The van der Waals surface area contributed by atoms with Crippen molar-refractivity contribution in [3.63, 3.8) is 0 Å². The number of nitrogens with two attached hydrogens (primary N) is 1. The Hall–Kier alpha value is -6.00. The van der Waals surface area contributed by atoms with E-state index in [0.717, 1.165) is 5.56 Å². The van der Waals surface area contributed by atoms with Crippen LogP contribution >= 0.6 is 0 Å². The number of likely N-dealkylation sites (tertiary alicyclic amines) is 1. The van der Waals surface area contributed by atoms with Gasteiger partial charge >= 0.3 is 12.0 Å². The number of carboxylic acids is 1. The molecule has 17 heteroatoms. The van der Waals surface area contributed by atoms with Crippen LogP contribution < -0.4 is 37.6 Å². The number of amides is 8. The first kappa shape index (κ1) is 44.4. The molecule has 56 heavy (non-hydrogen) atoms. The fourth-order valence-electron chi connectivity index (χ4n) is 6.10. The first-order valence-corrected chi connectivity index (χ1v) is 18.7. The number of aryl methyl sites for hydroxylation is 1. The number of anilines is 2. The Morgan fingerprint density at radius 2 is 1.50 bits per heavy atom. The third kappa shape index (κ3) is 13.7. The van der Waals surface area contributed by atoms with E-state index in [1.807, 2.05) is 32.9 Å². The van der Waals surface area contributed by atoms with Crippen LogP contribution in [0.5, 0.6) is 0 Å². The molecule has 0 saturated carbocycles. The van der Waals surface area contributed by atoms with E-state index in [9.17, 15) is 43.5 Å². The molecule has 0 aromatic heterocycles. The molecule has 0 radical (unpaired) electrons. The summed E-state index contributed by atoms with van der Waals surface area (Å²) in [6, 6.07) is 8.13. The number of carbonyl (C=O) groups is 8. The summed E-state index contributed by atoms with van der Waals surface area (Å²) in [5, 5.41) is 25.3. The second kappa shape index (κ2) is 21.2. The van der Waals surface area contributed by atoms with E-state index in [2.05, 4.69) is 31.9 Å². The molecule has 9 N–H and O–H groups in total. The molecule has 5 atom stereocenters. The lowest BCUT2D eigenvalue weighted by atomic mass is 9.96. The lowest BCUT2D eigenvalue weighted by Gasteiger charge is -2.32. The number of rotatable bonds is 19. The van der Waals surface area contributed by atoms with Gasteiger partial charge in [0, 0.05) is 30.9 Å². The topological polar surface area (TPSA) is 258 Å². The van der Waals surface area contributed by atoms with Crippen LogP contribution in [0.3, 0.4) is 0 Å². The highest BCUT2D eigenvalue weighted by atomic mass is 16.4. The largest absolute Gasteiger partial charge is 0.481 e. The smallest absolute Gasteiger partial charge is 0.323 e. The van der Waals surface area contributed by atoms with Gasteiger partial charge < -0.3 is 47.6 Å². The molecule has 1 aliphatic heterocycles. The number of carbonyl (C=O) groups excluding carboxylic acids is 7. The van der Waals surface area contributed by atoms with Crippen LogP contribution in [0.15, 0.2) is 48.5 Å². The van der Waals surface area contributed by atoms with E-state index < -0.39 is 83.9 Å². The van der Waals surface area contributed by atoms with Crippen molar-refractivity contribution in [2.24, 2.45) is 17.6 Å². The van der Waals surface area contributed by atoms with E-state index in [1.54, 1.807) is 50.2 Å². The van der Waals surface area contributed by atoms with Gasteiger partial charge in [-0.3, -0.25) is 33.6 Å². The number of nitrogens with zero attached hydrogens (tertiary/aromatic N) is 1. The molecule has 1 unspecified atom stereocenters. The Balaban J connectivity index is 1.73. The zero-order chi connectivity index (χ0) is 41.5. The van der Waals surface area contributed by atoms with Crippen molar-refractivity contribution in [1.82, 2.24) is 26.2 Å². The maximum atomic E-state index is 13.7. The Labute approximate surface area is 326 Å². The van der Waals surface area contributed by atoms with Crippen LogP contribution in [0.25, 0.3) is 0 Å². The lowest BCUT2D eigenvalue weighted by Crippen LogP contribution is -2.60. The van der Waals surface area contributed by atoms with Gasteiger partial charge in [-0.2, -0.15) is 0 Å². The van der Waals surface area contributed by atoms with Gasteiger partial charge in [0.15, 0.2) is 0 Å². The van der Waals surface area contributed by atoms with Crippen molar-refractivity contribution >= 4 is 58.8 Å². The average Bonchev–Trinajstić information content (AvgIpc) is 3.63.